The van der Waals surface area contributed by atoms with Crippen LogP contribution in [0.15, 0.2) is 24.3 Å². The van der Waals surface area contributed by atoms with E-state index in [1.165, 1.54) is 12.8 Å². The van der Waals surface area contributed by atoms with E-state index in [0.717, 1.165) is 31.0 Å². The second-order valence-corrected chi connectivity index (χ2v) is 6.03. The van der Waals surface area contributed by atoms with Crippen LogP contribution in [0.5, 0.6) is 11.5 Å². The molecule has 0 aliphatic carbocycles. The van der Waals surface area contributed by atoms with Gasteiger partial charge in [0.25, 0.3) is 0 Å². The predicted molar refractivity (Wildman–Crippen MR) is 84.2 cm³/mol. The number of fused-ring (bicyclic) bond motifs is 1. The highest BCUT2D eigenvalue weighted by Crippen LogP contribution is 2.30. The summed E-state index contributed by atoms with van der Waals surface area (Å²) in [5.41, 5.74) is 0. The minimum Gasteiger partial charge on any atom is -0.486 e. The zero-order chi connectivity index (χ0) is 15.2. The van der Waals surface area contributed by atoms with Gasteiger partial charge in [0.2, 0.25) is 5.91 Å². The quantitative estimate of drug-likeness (QED) is 0.869. The molecule has 2 heterocycles. The number of hydrogen-bond acceptors (Lipinski definition) is 4. The Bertz CT molecular complexity index is 500. The van der Waals surface area contributed by atoms with Crippen molar-refractivity contribution in [3.63, 3.8) is 0 Å². The molecule has 0 aromatic heterocycles. The van der Waals surface area contributed by atoms with Crippen LogP contribution < -0.4 is 20.1 Å². The highest BCUT2D eigenvalue weighted by atomic mass is 16.6. The molecule has 1 aromatic rings. The first kappa shape index (κ1) is 15.2. The maximum absolute atomic E-state index is 12.0. The van der Waals surface area contributed by atoms with Crippen molar-refractivity contribution >= 4 is 5.91 Å². The Morgan fingerprint density at radius 3 is 2.82 bits per heavy atom. The minimum absolute atomic E-state index is 0.112. The smallest absolute Gasteiger partial charge is 0.220 e. The van der Waals surface area contributed by atoms with E-state index in [1.807, 2.05) is 24.3 Å². The maximum Gasteiger partial charge on any atom is 0.220 e. The predicted octanol–water partition coefficient (Wildman–Crippen LogP) is 1.72. The number of rotatable bonds is 5. The van der Waals surface area contributed by atoms with Crippen LogP contribution in [-0.2, 0) is 4.79 Å². The van der Waals surface area contributed by atoms with Gasteiger partial charge in [0.15, 0.2) is 11.5 Å². The zero-order valence-electron chi connectivity index (χ0n) is 12.8. The van der Waals surface area contributed by atoms with Crippen LogP contribution in [0.3, 0.4) is 0 Å². The summed E-state index contributed by atoms with van der Waals surface area (Å²) in [5, 5.41) is 6.31. The fourth-order valence-electron chi connectivity index (χ4n) is 2.99. The summed E-state index contributed by atoms with van der Waals surface area (Å²) in [7, 11) is 0. The van der Waals surface area contributed by atoms with Gasteiger partial charge in [-0.25, -0.2) is 0 Å². The number of piperidine rings is 1. The van der Waals surface area contributed by atoms with Crippen molar-refractivity contribution in [3.8, 4) is 11.5 Å². The van der Waals surface area contributed by atoms with Crippen LogP contribution in [0.1, 0.15) is 25.7 Å². The SMILES string of the molecule is O=C(CCC1CCNCC1)NCC1COc2ccccc2O1. The Labute approximate surface area is 131 Å². The number of carbonyl (C=O) groups is 1. The van der Waals surface area contributed by atoms with Crippen molar-refractivity contribution < 1.29 is 14.3 Å². The van der Waals surface area contributed by atoms with E-state index in [4.69, 9.17) is 9.47 Å². The summed E-state index contributed by atoms with van der Waals surface area (Å²) < 4.78 is 11.5. The summed E-state index contributed by atoms with van der Waals surface area (Å²) in [4.78, 5) is 12.0. The lowest BCUT2D eigenvalue weighted by Gasteiger charge is -2.26. The number of hydrogen-bond donors (Lipinski definition) is 2. The Balaban J connectivity index is 1.37. The number of para-hydroxylation sites is 2. The van der Waals surface area contributed by atoms with E-state index in [9.17, 15) is 4.79 Å². The summed E-state index contributed by atoms with van der Waals surface area (Å²) in [5.74, 6) is 2.33. The fourth-order valence-corrected chi connectivity index (χ4v) is 2.99. The number of amides is 1. The van der Waals surface area contributed by atoms with Crippen LogP contribution in [0.2, 0.25) is 0 Å². The third kappa shape index (κ3) is 4.13. The van der Waals surface area contributed by atoms with E-state index in [1.54, 1.807) is 0 Å². The molecule has 0 bridgehead atoms. The second-order valence-electron chi connectivity index (χ2n) is 6.03. The molecule has 2 N–H and O–H groups in total. The minimum atomic E-state index is -0.113. The Morgan fingerprint density at radius 1 is 1.23 bits per heavy atom. The van der Waals surface area contributed by atoms with Crippen molar-refractivity contribution in [2.24, 2.45) is 5.92 Å². The molecular weight excluding hydrogens is 280 g/mol. The van der Waals surface area contributed by atoms with Crippen molar-refractivity contribution in [1.82, 2.24) is 10.6 Å². The van der Waals surface area contributed by atoms with E-state index in [0.29, 0.717) is 25.5 Å². The molecule has 22 heavy (non-hydrogen) atoms. The van der Waals surface area contributed by atoms with Gasteiger partial charge in [-0.3, -0.25) is 4.79 Å². The third-order valence-electron chi connectivity index (χ3n) is 4.33. The fraction of sp³-hybridized carbons (Fsp3) is 0.588. The third-order valence-corrected chi connectivity index (χ3v) is 4.33. The zero-order valence-corrected chi connectivity index (χ0v) is 12.8. The van der Waals surface area contributed by atoms with Crippen molar-refractivity contribution in [2.45, 2.75) is 31.8 Å². The highest BCUT2D eigenvalue weighted by molar-refractivity contribution is 5.75. The molecule has 0 spiro atoms. The second kappa shape index (κ2) is 7.49. The molecule has 3 rings (SSSR count). The van der Waals surface area contributed by atoms with Crippen LogP contribution in [0, 0.1) is 5.92 Å². The van der Waals surface area contributed by atoms with Gasteiger partial charge in [0.1, 0.15) is 12.7 Å². The van der Waals surface area contributed by atoms with Gasteiger partial charge >= 0.3 is 0 Å². The maximum atomic E-state index is 12.0. The summed E-state index contributed by atoms with van der Waals surface area (Å²) in [6, 6.07) is 7.62. The molecule has 0 saturated carbocycles. The molecule has 1 amide bonds. The van der Waals surface area contributed by atoms with E-state index >= 15 is 0 Å². The lowest BCUT2D eigenvalue weighted by molar-refractivity contribution is -0.121. The van der Waals surface area contributed by atoms with Gasteiger partial charge in [0, 0.05) is 6.42 Å². The standard InChI is InChI=1S/C17H24N2O3/c20-17(6-5-13-7-9-18-10-8-13)19-11-14-12-21-15-3-1-2-4-16(15)22-14/h1-4,13-14,18H,5-12H2,(H,19,20). The van der Waals surface area contributed by atoms with Gasteiger partial charge in [-0.05, 0) is 50.4 Å². The molecule has 2 aliphatic rings. The average molecular weight is 304 g/mol. The van der Waals surface area contributed by atoms with Crippen molar-refractivity contribution in [1.29, 1.82) is 0 Å². The molecule has 1 aromatic carbocycles. The summed E-state index contributed by atoms with van der Waals surface area (Å²) >= 11 is 0. The van der Waals surface area contributed by atoms with Gasteiger partial charge in [0.05, 0.1) is 6.54 Å². The van der Waals surface area contributed by atoms with Crippen molar-refractivity contribution in [2.75, 3.05) is 26.2 Å². The number of benzene rings is 1. The van der Waals surface area contributed by atoms with E-state index in [-0.39, 0.29) is 12.0 Å². The van der Waals surface area contributed by atoms with Gasteiger partial charge in [-0.1, -0.05) is 12.1 Å². The first-order chi connectivity index (χ1) is 10.8. The molecule has 0 radical (unpaired) electrons. The molecule has 1 fully saturated rings. The van der Waals surface area contributed by atoms with Crippen LogP contribution in [0.4, 0.5) is 0 Å². The number of nitrogens with one attached hydrogen (secondary N) is 2. The monoisotopic (exact) mass is 304 g/mol. The van der Waals surface area contributed by atoms with Gasteiger partial charge in [-0.15, -0.1) is 0 Å². The molecular formula is C17H24N2O3. The Morgan fingerprint density at radius 2 is 2.00 bits per heavy atom. The molecule has 1 atom stereocenters. The highest BCUT2D eigenvalue weighted by Gasteiger charge is 2.21. The molecule has 120 valence electrons. The molecule has 2 aliphatic heterocycles. The van der Waals surface area contributed by atoms with Crippen LogP contribution in [-0.4, -0.2) is 38.3 Å². The summed E-state index contributed by atoms with van der Waals surface area (Å²) in [6.45, 7) is 3.14. The van der Waals surface area contributed by atoms with E-state index in [2.05, 4.69) is 10.6 Å². The molecule has 5 nitrogen and oxygen atoms in total. The lowest BCUT2D eigenvalue weighted by Crippen LogP contribution is -2.40. The van der Waals surface area contributed by atoms with Gasteiger partial charge < -0.3 is 20.1 Å². The average Bonchev–Trinajstić information content (AvgIpc) is 2.59. The summed E-state index contributed by atoms with van der Waals surface area (Å²) in [6.07, 6.45) is 3.85. The molecule has 1 saturated heterocycles. The normalized spacial score (nSPS) is 21.4. The topological polar surface area (TPSA) is 59.6 Å². The molecule has 1 unspecified atom stereocenters. The van der Waals surface area contributed by atoms with Crippen molar-refractivity contribution in [3.05, 3.63) is 24.3 Å². The van der Waals surface area contributed by atoms with Gasteiger partial charge in [-0.2, -0.15) is 0 Å². The first-order valence-corrected chi connectivity index (χ1v) is 8.17. The lowest BCUT2D eigenvalue weighted by atomic mass is 9.93. The largest absolute Gasteiger partial charge is 0.486 e. The number of ether oxygens (including phenoxy) is 2. The molecule has 5 heteroatoms. The van der Waals surface area contributed by atoms with E-state index < -0.39 is 0 Å². The number of carbonyl (C=O) groups excluding carboxylic acids is 1. The Kier molecular flexibility index (Phi) is 5.16. The Hall–Kier alpha value is -1.75. The van der Waals surface area contributed by atoms with Crippen LogP contribution >= 0.6 is 0 Å². The first-order valence-electron chi connectivity index (χ1n) is 8.17. The van der Waals surface area contributed by atoms with Crippen LogP contribution in [0.25, 0.3) is 0 Å².